The third-order valence-electron chi connectivity index (χ3n) is 25.9. The second-order valence-corrected chi connectivity index (χ2v) is 33.4. The summed E-state index contributed by atoms with van der Waals surface area (Å²) < 4.78 is 79.3. The largest absolute Gasteiger partial charge is 0.397 e. The van der Waals surface area contributed by atoms with Gasteiger partial charge in [-0.05, 0) is 139 Å². The van der Waals surface area contributed by atoms with Crippen LogP contribution in [0.3, 0.4) is 0 Å². The molecule has 5 aliphatic carbocycles. The van der Waals surface area contributed by atoms with Gasteiger partial charge in [-0.2, -0.15) is 13.2 Å². The van der Waals surface area contributed by atoms with Crippen LogP contribution in [0.2, 0.25) is 0 Å². The lowest BCUT2D eigenvalue weighted by Gasteiger charge is -2.51. The SMILES string of the molecule is CCO[C@@H]1C[C@H]2C(=O)N(C)C3(CCC3)C(=O)N(C)[C@@H](C3CCCC3)C(=O)N(C)[C@H](C(=O)N(C)C)CC(=O)N(C)[C@@H](CC3CC3)C(=O)N[C@@H]([C@@H](C)CC)C(=O)N3CCC[C@H]3C(=O)N(C)[C@H]3C/C=C\CCN(C3=O)[C@@H](CC3CCC(C)CC3)C(=O)N(C)CC(=O)N[C@@H](CCC3CC(F)C(C(F)(F)F)C(F)C3)C(=O)N2C1. The van der Waals surface area contributed by atoms with E-state index in [2.05, 4.69) is 17.6 Å². The minimum atomic E-state index is -5.17. The number of ether oxygens (including phenoxy) is 1. The first kappa shape index (κ1) is 85.0. The first-order chi connectivity index (χ1) is 51.0. The highest BCUT2D eigenvalue weighted by molar-refractivity contribution is 6.01. The normalized spacial score (nSPS) is 33.8. The van der Waals surface area contributed by atoms with Crippen LogP contribution in [0.4, 0.5) is 22.0 Å². The van der Waals surface area contributed by atoms with Gasteiger partial charge in [-0.15, -0.1) is 0 Å². The number of nitrogens with zero attached hydrogens (tertiary/aromatic N) is 10. The van der Waals surface area contributed by atoms with Crippen molar-refractivity contribution in [1.29, 1.82) is 0 Å². The number of nitrogens with one attached hydrogen (secondary N) is 2. The molecule has 0 radical (unpaired) electrons. The van der Waals surface area contributed by atoms with Crippen LogP contribution in [0.5, 0.6) is 0 Å². The number of amides is 12. The van der Waals surface area contributed by atoms with Crippen LogP contribution >= 0.6 is 0 Å². The number of fused-ring (bicyclic) bond motifs is 4. The number of halogens is 5. The van der Waals surface area contributed by atoms with Gasteiger partial charge in [0.05, 0.1) is 19.1 Å². The van der Waals surface area contributed by atoms with Gasteiger partial charge in [0.15, 0.2) is 0 Å². The Morgan fingerprint density at radius 3 is 1.84 bits per heavy atom. The minimum absolute atomic E-state index is 0.0351. The smallest absolute Gasteiger partial charge is 0.377 e. The summed E-state index contributed by atoms with van der Waals surface area (Å²) in [7, 11) is 11.6. The molecule has 4 aliphatic heterocycles. The molecule has 0 aromatic rings. The van der Waals surface area contributed by atoms with Crippen LogP contribution in [0, 0.1) is 41.4 Å². The predicted molar refractivity (Wildman–Crippen MR) is 390 cm³/mol. The van der Waals surface area contributed by atoms with Gasteiger partial charge in [-0.25, -0.2) is 8.78 Å². The maximum Gasteiger partial charge on any atom is 0.397 e. The molecule has 1 spiro atoms. The summed E-state index contributed by atoms with van der Waals surface area (Å²) in [5.41, 5.74) is -1.60. The fourth-order valence-corrected chi connectivity index (χ4v) is 18.5. The Bertz CT molecular complexity index is 3280. The maximum atomic E-state index is 15.8. The van der Waals surface area contributed by atoms with Gasteiger partial charge in [-0.3, -0.25) is 57.5 Å². The first-order valence-corrected chi connectivity index (χ1v) is 40.0. The number of likely N-dealkylation sites (N-methyl/N-ethyl adjacent to an activating group) is 7. The van der Waals surface area contributed by atoms with Crippen molar-refractivity contribution in [3.8, 4) is 0 Å². The average Bonchev–Trinajstić information content (AvgIpc) is 1.01. The molecule has 9 aliphatic rings. The molecule has 25 nitrogen and oxygen atoms in total. The van der Waals surface area contributed by atoms with E-state index >= 15 is 56.7 Å². The van der Waals surface area contributed by atoms with E-state index in [9.17, 15) is 22.8 Å². The quantitative estimate of drug-likeness (QED) is 0.149. The summed E-state index contributed by atoms with van der Waals surface area (Å²) in [6.45, 7) is 6.91. The van der Waals surface area contributed by atoms with Crippen LogP contribution in [0.25, 0.3) is 0 Å². The molecule has 606 valence electrons. The van der Waals surface area contributed by atoms with Gasteiger partial charge in [0.2, 0.25) is 70.9 Å². The number of rotatable bonds is 13. The van der Waals surface area contributed by atoms with Crippen LogP contribution in [-0.4, -0.2) is 294 Å². The Labute approximate surface area is 634 Å². The van der Waals surface area contributed by atoms with E-state index in [0.717, 1.165) is 43.4 Å². The summed E-state index contributed by atoms with van der Waals surface area (Å²) >= 11 is 0. The Balaban J connectivity index is 1.12. The molecule has 0 aromatic heterocycles. The zero-order chi connectivity index (χ0) is 79.1. The lowest BCUT2D eigenvalue weighted by atomic mass is 9.73. The molecule has 4 heterocycles. The van der Waals surface area contributed by atoms with Crippen molar-refractivity contribution in [3.63, 3.8) is 0 Å². The summed E-state index contributed by atoms with van der Waals surface area (Å²) in [5, 5.41) is 5.77. The lowest BCUT2D eigenvalue weighted by molar-refractivity contribution is -0.219. The lowest BCUT2D eigenvalue weighted by Crippen LogP contribution is -2.68. The van der Waals surface area contributed by atoms with E-state index in [1.165, 1.54) is 100 Å². The zero-order valence-corrected chi connectivity index (χ0v) is 65.7. The van der Waals surface area contributed by atoms with E-state index in [1.807, 2.05) is 13.0 Å². The van der Waals surface area contributed by atoms with Crippen molar-refractivity contribution in [1.82, 2.24) is 59.6 Å². The van der Waals surface area contributed by atoms with Crippen molar-refractivity contribution in [3.05, 3.63) is 12.2 Å². The number of carbonyl (C=O) groups excluding carboxylic acids is 12. The summed E-state index contributed by atoms with van der Waals surface area (Å²) in [4.78, 5) is 197. The Morgan fingerprint density at radius 2 is 1.26 bits per heavy atom. The molecule has 8 fully saturated rings. The zero-order valence-electron chi connectivity index (χ0n) is 65.7. The summed E-state index contributed by atoms with van der Waals surface area (Å²) in [6, 6.07) is -11.5. The van der Waals surface area contributed by atoms with Gasteiger partial charge in [0, 0.05) is 89.0 Å². The van der Waals surface area contributed by atoms with Gasteiger partial charge in [0.25, 0.3) is 0 Å². The topological polar surface area (TPSA) is 271 Å². The number of hydrogen-bond acceptors (Lipinski definition) is 13. The molecular weight excluding hydrogens is 1410 g/mol. The molecule has 2 bridgehead atoms. The van der Waals surface area contributed by atoms with Gasteiger partial charge < -0.3 is 64.4 Å². The van der Waals surface area contributed by atoms with Crippen LogP contribution in [-0.2, 0) is 62.3 Å². The fraction of sp³-hybridized carbons (Fsp3) is 0.821. The number of hydrogen-bond donors (Lipinski definition) is 2. The fourth-order valence-electron chi connectivity index (χ4n) is 18.5. The number of carbonyl (C=O) groups is 12. The van der Waals surface area contributed by atoms with Gasteiger partial charge >= 0.3 is 6.18 Å². The van der Waals surface area contributed by atoms with Crippen molar-refractivity contribution in [2.45, 2.75) is 279 Å². The van der Waals surface area contributed by atoms with E-state index in [0.29, 0.717) is 57.3 Å². The molecule has 0 aromatic carbocycles. The van der Waals surface area contributed by atoms with Crippen LogP contribution in [0.1, 0.15) is 195 Å². The molecule has 108 heavy (non-hydrogen) atoms. The van der Waals surface area contributed by atoms with E-state index < -0.39 is 205 Å². The molecule has 13 atom stereocenters. The van der Waals surface area contributed by atoms with Crippen LogP contribution < -0.4 is 10.6 Å². The third kappa shape index (κ3) is 19.1. The second kappa shape index (κ2) is 36.4. The molecule has 3 saturated heterocycles. The van der Waals surface area contributed by atoms with Crippen molar-refractivity contribution < 1.29 is 84.2 Å². The number of alkyl halides is 5. The van der Waals surface area contributed by atoms with Crippen molar-refractivity contribution in [2.24, 2.45) is 41.4 Å². The molecule has 2 N–H and O–H groups in total. The van der Waals surface area contributed by atoms with Gasteiger partial charge in [0.1, 0.15) is 78.2 Å². The monoisotopic (exact) mass is 1530 g/mol. The van der Waals surface area contributed by atoms with E-state index in [1.54, 1.807) is 19.9 Å². The standard InChI is InChI=1S/C78H121F5N12O13/c1-13-47(4)65-74(105)93-37-20-25-57(93)71(102)89(9)56-24-16-15-19-36-94(73(56)104)60(41-48-28-26-46(3)27-29-48)70(101)87(7)45-62(96)84-55(33-32-50-38-53(79)64(54(80)39-50)78(81,82)83)68(99)95-44-52(108-14-2)42-61(95)72(103)92(12)77(34-21-35-77)76(107)91(11)66(51-22-17-18-23-51)75(106)90(10)59(69(100)86(5)6)43-63(97)88(8)58(67(98)85-65)40-49-30-31-49/h15-16,46-61,64-66H,13-14,17-45H2,1-12H3,(H,84,96)(H,85,98)/b16-15-/t46?,47-,48?,50?,52+,53?,54?,55-,56-,57-,58-,59-,60-,61-,64?,65-,66-/m0/s1. The molecule has 9 rings (SSSR count). The van der Waals surface area contributed by atoms with E-state index in [-0.39, 0.29) is 95.9 Å². The molecule has 30 heteroatoms. The predicted octanol–water partition coefficient (Wildman–Crippen LogP) is 6.44. The first-order valence-electron chi connectivity index (χ1n) is 40.0. The Kier molecular flexibility index (Phi) is 28.7. The van der Waals surface area contributed by atoms with Gasteiger partial charge in [-0.1, -0.05) is 90.7 Å². The Hall–Kier alpha value is -7.01. The third-order valence-corrected chi connectivity index (χ3v) is 25.9. The molecule has 5 saturated carbocycles. The highest BCUT2D eigenvalue weighted by atomic mass is 19.4. The Morgan fingerprint density at radius 1 is 0.630 bits per heavy atom. The van der Waals surface area contributed by atoms with Crippen molar-refractivity contribution in [2.75, 3.05) is 89.2 Å². The highest BCUT2D eigenvalue weighted by Gasteiger charge is 2.58. The summed E-state index contributed by atoms with van der Waals surface area (Å²) in [5.74, 6) is -12.3. The van der Waals surface area contributed by atoms with E-state index in [4.69, 9.17) is 4.74 Å². The summed E-state index contributed by atoms with van der Waals surface area (Å²) in [6.07, 6.45) is -0.517. The maximum absolute atomic E-state index is 15.8. The average molecular weight is 1530 g/mol. The minimum Gasteiger partial charge on any atom is -0.377 e. The molecule has 2 unspecified atom stereocenters. The second-order valence-electron chi connectivity index (χ2n) is 33.4. The highest BCUT2D eigenvalue weighted by Crippen LogP contribution is 2.46. The van der Waals surface area contributed by atoms with Crippen LogP contribution in [0.15, 0.2) is 12.2 Å². The molecule has 12 amide bonds. The van der Waals surface area contributed by atoms with Crippen molar-refractivity contribution >= 4 is 70.9 Å². The molecular formula is C78H121F5N12O13.